The van der Waals surface area contributed by atoms with Crippen LogP contribution in [-0.2, 0) is 4.74 Å². The van der Waals surface area contributed by atoms with Gasteiger partial charge in [0.2, 0.25) is 0 Å². The van der Waals surface area contributed by atoms with Crippen LogP contribution < -0.4 is 10.6 Å². The number of hydrogen-bond donors (Lipinski definition) is 2. The molecular formula is C32H36FN3O2. The van der Waals surface area contributed by atoms with Gasteiger partial charge >= 0.3 is 0 Å². The van der Waals surface area contributed by atoms with Gasteiger partial charge in [-0.2, -0.15) is 0 Å². The van der Waals surface area contributed by atoms with Gasteiger partial charge in [0.25, 0.3) is 5.91 Å². The molecule has 2 aliphatic heterocycles. The Morgan fingerprint density at radius 1 is 0.974 bits per heavy atom. The summed E-state index contributed by atoms with van der Waals surface area (Å²) in [5.41, 5.74) is 3.99. The number of fused-ring (bicyclic) bond motifs is 3. The molecular weight excluding hydrogens is 477 g/mol. The van der Waals surface area contributed by atoms with Crippen molar-refractivity contribution in [2.24, 2.45) is 11.8 Å². The molecule has 2 N–H and O–H groups in total. The largest absolute Gasteiger partial charge is 0.378 e. The summed E-state index contributed by atoms with van der Waals surface area (Å²) in [5, 5.41) is 6.97. The van der Waals surface area contributed by atoms with E-state index in [4.69, 9.17) is 4.74 Å². The van der Waals surface area contributed by atoms with Crippen LogP contribution in [0.25, 0.3) is 0 Å². The van der Waals surface area contributed by atoms with Gasteiger partial charge in [0, 0.05) is 41.7 Å². The van der Waals surface area contributed by atoms with Crippen LogP contribution in [0.15, 0.2) is 78.9 Å². The minimum Gasteiger partial charge on any atom is -0.378 e. The molecule has 1 unspecified atom stereocenters. The highest BCUT2D eigenvalue weighted by molar-refractivity contribution is 5.94. The van der Waals surface area contributed by atoms with E-state index in [-0.39, 0.29) is 29.8 Å². The van der Waals surface area contributed by atoms with Crippen LogP contribution in [0.4, 0.5) is 10.1 Å². The van der Waals surface area contributed by atoms with Crippen molar-refractivity contribution < 1.29 is 13.9 Å². The summed E-state index contributed by atoms with van der Waals surface area (Å²) >= 11 is 0. The van der Waals surface area contributed by atoms with Gasteiger partial charge in [-0.25, -0.2) is 4.39 Å². The number of hydrogen-bond acceptors (Lipinski definition) is 4. The lowest BCUT2D eigenvalue weighted by atomic mass is 9.80. The summed E-state index contributed by atoms with van der Waals surface area (Å²) in [6, 6.07) is 25.5. The van der Waals surface area contributed by atoms with E-state index in [1.807, 2.05) is 42.5 Å². The molecule has 5 atom stereocenters. The fraction of sp³-hybridized carbons (Fsp3) is 0.406. The van der Waals surface area contributed by atoms with Crippen LogP contribution in [0.1, 0.15) is 65.7 Å². The van der Waals surface area contributed by atoms with Crippen molar-refractivity contribution in [1.29, 1.82) is 0 Å². The van der Waals surface area contributed by atoms with Crippen molar-refractivity contribution in [1.82, 2.24) is 10.2 Å². The Labute approximate surface area is 224 Å². The minimum atomic E-state index is -0.200. The maximum Gasteiger partial charge on any atom is 0.251 e. The zero-order valence-electron chi connectivity index (χ0n) is 21.7. The van der Waals surface area contributed by atoms with Gasteiger partial charge in [-0.05, 0) is 60.7 Å². The number of halogens is 1. The molecule has 0 aromatic heterocycles. The molecule has 1 saturated carbocycles. The number of ether oxygens (including phenoxy) is 1. The molecule has 3 aromatic carbocycles. The number of nitrogens with one attached hydrogen (secondary N) is 2. The number of carbonyl (C=O) groups excluding carboxylic acids is 1. The maximum atomic E-state index is 14.4. The van der Waals surface area contributed by atoms with Crippen LogP contribution in [0, 0.1) is 17.7 Å². The second-order valence-electron chi connectivity index (χ2n) is 11.0. The van der Waals surface area contributed by atoms with Crippen molar-refractivity contribution in [2.45, 2.75) is 50.2 Å². The molecule has 0 bridgehead atoms. The van der Waals surface area contributed by atoms with Gasteiger partial charge in [0.15, 0.2) is 0 Å². The molecule has 0 radical (unpaired) electrons. The fourth-order valence-corrected chi connectivity index (χ4v) is 6.74. The van der Waals surface area contributed by atoms with Crippen LogP contribution in [0.2, 0.25) is 0 Å². The number of benzene rings is 3. The number of rotatable bonds is 7. The van der Waals surface area contributed by atoms with E-state index in [2.05, 4.69) is 39.8 Å². The van der Waals surface area contributed by atoms with E-state index < -0.39 is 0 Å². The molecule has 1 aliphatic carbocycles. The monoisotopic (exact) mass is 513 g/mol. The second-order valence-corrected chi connectivity index (χ2v) is 11.0. The fourth-order valence-electron chi connectivity index (χ4n) is 6.74. The first-order chi connectivity index (χ1) is 18.7. The predicted octanol–water partition coefficient (Wildman–Crippen LogP) is 6.32. The van der Waals surface area contributed by atoms with Gasteiger partial charge in [0.1, 0.15) is 5.82 Å². The number of amides is 1. The Hall–Kier alpha value is -3.22. The third kappa shape index (κ3) is 5.20. The number of carbonyl (C=O) groups is 1. The summed E-state index contributed by atoms with van der Waals surface area (Å²) in [6.07, 6.45) is 5.35. The summed E-state index contributed by atoms with van der Waals surface area (Å²) < 4.78 is 20.7. The number of nitrogens with zero attached hydrogens (tertiary/aromatic N) is 1. The molecule has 3 aromatic rings. The van der Waals surface area contributed by atoms with Crippen LogP contribution in [-0.4, -0.2) is 36.7 Å². The molecule has 3 aliphatic rings. The van der Waals surface area contributed by atoms with Gasteiger partial charge in [-0.15, -0.1) is 0 Å². The summed E-state index contributed by atoms with van der Waals surface area (Å²) in [5.74, 6) is 0.423. The average molecular weight is 514 g/mol. The lowest BCUT2D eigenvalue weighted by Gasteiger charge is -2.40. The molecule has 6 heteroatoms. The maximum absolute atomic E-state index is 14.4. The second kappa shape index (κ2) is 11.3. The van der Waals surface area contributed by atoms with Crippen LogP contribution in [0.3, 0.4) is 0 Å². The van der Waals surface area contributed by atoms with E-state index in [0.29, 0.717) is 30.7 Å². The van der Waals surface area contributed by atoms with Crippen molar-refractivity contribution in [3.63, 3.8) is 0 Å². The highest BCUT2D eigenvalue weighted by Gasteiger charge is 2.44. The first-order valence-corrected chi connectivity index (χ1v) is 14.0. The Morgan fingerprint density at radius 2 is 1.74 bits per heavy atom. The summed E-state index contributed by atoms with van der Waals surface area (Å²) in [4.78, 5) is 15.2. The lowest BCUT2D eigenvalue weighted by Crippen LogP contribution is -2.44. The molecule has 1 saturated heterocycles. The SMILES string of the molecule is O=C(NC1CCCC[C@@H]1COCN1CC[C@H]2[C@@H](c3ccccc3)Nc3ccc(F)cc3[C@H]21)c1ccccc1. The van der Waals surface area contributed by atoms with Crippen molar-refractivity contribution in [3.05, 3.63) is 101 Å². The Bertz CT molecular complexity index is 1240. The number of likely N-dealkylation sites (tertiary alicyclic amines) is 1. The molecule has 0 spiro atoms. The molecule has 2 heterocycles. The van der Waals surface area contributed by atoms with Gasteiger partial charge in [-0.3, -0.25) is 9.69 Å². The molecule has 198 valence electrons. The van der Waals surface area contributed by atoms with E-state index in [9.17, 15) is 9.18 Å². The standard InChI is InChI=1S/C32H36FN3O2/c33-25-15-16-29-27(19-25)31-26(30(34-29)22-9-3-1-4-10-22)17-18-36(31)21-38-20-24-13-7-8-14-28(24)35-32(37)23-11-5-2-6-12-23/h1-6,9-12,15-16,19,24,26,28,30-31,34H,7-8,13-14,17-18,20-21H2,(H,35,37)/t24-,26+,28?,30-,31+/m1/s1. The van der Waals surface area contributed by atoms with Crippen molar-refractivity contribution in [3.8, 4) is 0 Å². The topological polar surface area (TPSA) is 53.6 Å². The molecule has 5 nitrogen and oxygen atoms in total. The lowest BCUT2D eigenvalue weighted by molar-refractivity contribution is -0.0120. The first kappa shape index (κ1) is 25.1. The molecule has 38 heavy (non-hydrogen) atoms. The van der Waals surface area contributed by atoms with Crippen LogP contribution in [0.5, 0.6) is 0 Å². The van der Waals surface area contributed by atoms with E-state index in [0.717, 1.165) is 49.9 Å². The molecule has 2 fully saturated rings. The van der Waals surface area contributed by atoms with Crippen LogP contribution >= 0.6 is 0 Å². The summed E-state index contributed by atoms with van der Waals surface area (Å²) in [6.45, 7) is 2.04. The highest BCUT2D eigenvalue weighted by Crippen LogP contribution is 2.51. The Morgan fingerprint density at radius 3 is 2.55 bits per heavy atom. The molecule has 1 amide bonds. The molecule has 6 rings (SSSR count). The third-order valence-corrected chi connectivity index (χ3v) is 8.63. The highest BCUT2D eigenvalue weighted by atomic mass is 19.1. The summed E-state index contributed by atoms with van der Waals surface area (Å²) in [7, 11) is 0. The minimum absolute atomic E-state index is 0.00909. The van der Waals surface area contributed by atoms with Crippen molar-refractivity contribution >= 4 is 11.6 Å². The van der Waals surface area contributed by atoms with Crippen molar-refractivity contribution in [2.75, 3.05) is 25.2 Å². The van der Waals surface area contributed by atoms with Gasteiger partial charge in [0.05, 0.1) is 19.4 Å². The van der Waals surface area contributed by atoms with Gasteiger partial charge in [-0.1, -0.05) is 61.4 Å². The van der Waals surface area contributed by atoms with E-state index in [1.54, 1.807) is 6.07 Å². The smallest absolute Gasteiger partial charge is 0.251 e. The zero-order valence-corrected chi connectivity index (χ0v) is 21.7. The van der Waals surface area contributed by atoms with Gasteiger partial charge < -0.3 is 15.4 Å². The third-order valence-electron chi connectivity index (χ3n) is 8.63. The normalized spacial score (nSPS) is 26.7. The Kier molecular flexibility index (Phi) is 7.43. The zero-order chi connectivity index (χ0) is 25.9. The first-order valence-electron chi connectivity index (χ1n) is 14.0. The average Bonchev–Trinajstić information content (AvgIpc) is 3.39. The Balaban J connectivity index is 1.13. The quantitative estimate of drug-likeness (QED) is 0.388. The van der Waals surface area contributed by atoms with E-state index >= 15 is 0 Å². The van der Waals surface area contributed by atoms with E-state index in [1.165, 1.54) is 11.6 Å². The predicted molar refractivity (Wildman–Crippen MR) is 147 cm³/mol. The number of anilines is 1.